The topological polar surface area (TPSA) is 40.5 Å². The van der Waals surface area contributed by atoms with Gasteiger partial charge in [0.1, 0.15) is 11.5 Å². The molecule has 2 N–H and O–H groups in total. The maximum Gasteiger partial charge on any atom is 0.115 e. The van der Waals surface area contributed by atoms with E-state index in [0.717, 1.165) is 89.0 Å². The van der Waals surface area contributed by atoms with E-state index >= 15 is 0 Å². The molecular formula is C54H38O2. The van der Waals surface area contributed by atoms with Gasteiger partial charge in [-0.25, -0.2) is 0 Å². The van der Waals surface area contributed by atoms with E-state index in [9.17, 15) is 10.2 Å². The van der Waals surface area contributed by atoms with Crippen LogP contribution in [-0.2, 0) is 0 Å². The van der Waals surface area contributed by atoms with Crippen LogP contribution in [0, 0.1) is 0 Å². The zero-order chi connectivity index (χ0) is 37.8. The van der Waals surface area contributed by atoms with Gasteiger partial charge in [0.15, 0.2) is 0 Å². The van der Waals surface area contributed by atoms with Gasteiger partial charge in [0.25, 0.3) is 0 Å². The Bertz CT molecular complexity index is 2420. The van der Waals surface area contributed by atoms with E-state index < -0.39 is 0 Å². The highest BCUT2D eigenvalue weighted by atomic mass is 16.3. The van der Waals surface area contributed by atoms with Crippen molar-refractivity contribution < 1.29 is 10.2 Å². The highest BCUT2D eigenvalue weighted by molar-refractivity contribution is 5.99. The lowest BCUT2D eigenvalue weighted by atomic mass is 9.84. The third-order valence-electron chi connectivity index (χ3n) is 10.5. The largest absolute Gasteiger partial charge is 0.508 e. The highest BCUT2D eigenvalue weighted by Gasteiger charge is 2.19. The monoisotopic (exact) mass is 718 g/mol. The van der Waals surface area contributed by atoms with Crippen LogP contribution in [0.15, 0.2) is 218 Å². The predicted molar refractivity (Wildman–Crippen MR) is 233 cm³/mol. The second-order valence-corrected chi connectivity index (χ2v) is 14.0. The number of phenols is 2. The van der Waals surface area contributed by atoms with Gasteiger partial charge in [-0.05, 0) is 138 Å². The van der Waals surface area contributed by atoms with Crippen LogP contribution in [0.3, 0.4) is 0 Å². The van der Waals surface area contributed by atoms with Crippen LogP contribution < -0.4 is 0 Å². The van der Waals surface area contributed by atoms with Crippen LogP contribution in [-0.4, -0.2) is 10.2 Å². The minimum absolute atomic E-state index is 0.245. The third-order valence-corrected chi connectivity index (χ3v) is 10.5. The van der Waals surface area contributed by atoms with Gasteiger partial charge in [0, 0.05) is 0 Å². The quantitative estimate of drug-likeness (QED) is 0.164. The smallest absolute Gasteiger partial charge is 0.115 e. The summed E-state index contributed by atoms with van der Waals surface area (Å²) >= 11 is 0. The normalized spacial score (nSPS) is 11.0. The molecule has 0 amide bonds. The Kier molecular flexibility index (Phi) is 9.29. The molecule has 9 rings (SSSR count). The number of aromatic hydroxyl groups is 2. The third kappa shape index (κ3) is 6.88. The Hall–Kier alpha value is -7.42. The lowest BCUT2D eigenvalue weighted by Gasteiger charge is -2.20. The number of phenolic OH excluding ortho intramolecular Hbond substituents is 2. The summed E-state index contributed by atoms with van der Waals surface area (Å²) in [6.07, 6.45) is 0. The molecule has 0 saturated heterocycles. The van der Waals surface area contributed by atoms with Crippen LogP contribution in [0.4, 0.5) is 0 Å². The van der Waals surface area contributed by atoms with Crippen molar-refractivity contribution >= 4 is 0 Å². The Morgan fingerprint density at radius 2 is 0.429 bits per heavy atom. The van der Waals surface area contributed by atoms with Crippen molar-refractivity contribution in [2.75, 3.05) is 0 Å². The summed E-state index contributed by atoms with van der Waals surface area (Å²) in [7, 11) is 0. The van der Waals surface area contributed by atoms with Crippen molar-refractivity contribution in [3.05, 3.63) is 218 Å². The van der Waals surface area contributed by atoms with Crippen molar-refractivity contribution in [1.82, 2.24) is 0 Å². The Morgan fingerprint density at radius 1 is 0.196 bits per heavy atom. The van der Waals surface area contributed by atoms with Crippen molar-refractivity contribution in [2.24, 2.45) is 0 Å². The van der Waals surface area contributed by atoms with E-state index in [1.165, 1.54) is 0 Å². The second-order valence-electron chi connectivity index (χ2n) is 14.0. The average molecular weight is 719 g/mol. The molecule has 0 aliphatic carbocycles. The maximum absolute atomic E-state index is 10.2. The summed E-state index contributed by atoms with van der Waals surface area (Å²) in [5.74, 6) is 0.490. The molecule has 0 unspecified atom stereocenters. The summed E-state index contributed by atoms with van der Waals surface area (Å²) in [5.41, 5.74) is 17.8. The van der Waals surface area contributed by atoms with Gasteiger partial charge in [-0.3, -0.25) is 0 Å². The minimum Gasteiger partial charge on any atom is -0.508 e. The van der Waals surface area contributed by atoms with Gasteiger partial charge in [0.2, 0.25) is 0 Å². The molecule has 0 fully saturated rings. The molecule has 0 aliphatic rings. The molecule has 0 spiro atoms. The first-order chi connectivity index (χ1) is 27.6. The molecule has 0 heterocycles. The fourth-order valence-electron chi connectivity index (χ4n) is 7.73. The molecule has 0 aromatic heterocycles. The van der Waals surface area contributed by atoms with Crippen LogP contribution in [0.2, 0.25) is 0 Å². The van der Waals surface area contributed by atoms with Gasteiger partial charge >= 0.3 is 0 Å². The van der Waals surface area contributed by atoms with Crippen LogP contribution in [0.1, 0.15) is 0 Å². The lowest BCUT2D eigenvalue weighted by Crippen LogP contribution is -1.94. The molecule has 2 nitrogen and oxygen atoms in total. The van der Waals surface area contributed by atoms with Crippen LogP contribution in [0.25, 0.3) is 89.0 Å². The molecule has 0 aliphatic heterocycles. The second kappa shape index (κ2) is 15.1. The van der Waals surface area contributed by atoms with Crippen molar-refractivity contribution in [1.29, 1.82) is 0 Å². The molecule has 266 valence electrons. The molecule has 0 bridgehead atoms. The summed E-state index contributed by atoms with van der Waals surface area (Å²) < 4.78 is 0. The van der Waals surface area contributed by atoms with Crippen molar-refractivity contribution in [2.45, 2.75) is 0 Å². The molecule has 9 aromatic rings. The van der Waals surface area contributed by atoms with Gasteiger partial charge in [-0.1, -0.05) is 170 Å². The zero-order valence-corrected chi connectivity index (χ0v) is 30.7. The zero-order valence-electron chi connectivity index (χ0n) is 30.7. The number of rotatable bonds is 8. The van der Waals surface area contributed by atoms with Gasteiger partial charge in [0.05, 0.1) is 0 Å². The maximum atomic E-state index is 10.2. The molecular weight excluding hydrogens is 681 g/mol. The van der Waals surface area contributed by atoms with Crippen molar-refractivity contribution in [3.8, 4) is 101 Å². The molecule has 0 atom stereocenters. The molecule has 2 heteroatoms. The SMILES string of the molecule is Oc1ccc(-c2c(-c3ccccc3)cc(-c3ccc(-c4cc(-c5ccccc5)c(-c5ccc(O)cc5)c(-c5ccccc5)c4)cc3)cc2-c2ccccc2)cc1. The van der Waals surface area contributed by atoms with Crippen molar-refractivity contribution in [3.63, 3.8) is 0 Å². The van der Waals surface area contributed by atoms with Gasteiger partial charge < -0.3 is 10.2 Å². The van der Waals surface area contributed by atoms with Crippen LogP contribution in [0.5, 0.6) is 11.5 Å². The van der Waals surface area contributed by atoms with Gasteiger partial charge in [-0.15, -0.1) is 0 Å². The van der Waals surface area contributed by atoms with E-state index in [-0.39, 0.29) is 11.5 Å². The van der Waals surface area contributed by atoms with E-state index in [4.69, 9.17) is 0 Å². The first-order valence-corrected chi connectivity index (χ1v) is 18.9. The summed E-state index contributed by atoms with van der Waals surface area (Å²) in [4.78, 5) is 0. The molecule has 56 heavy (non-hydrogen) atoms. The summed E-state index contributed by atoms with van der Waals surface area (Å²) in [5, 5.41) is 20.4. The fourth-order valence-corrected chi connectivity index (χ4v) is 7.73. The number of hydrogen-bond acceptors (Lipinski definition) is 2. The lowest BCUT2D eigenvalue weighted by molar-refractivity contribution is 0.475. The fraction of sp³-hybridized carbons (Fsp3) is 0. The Balaban J connectivity index is 1.22. The molecule has 0 radical (unpaired) electrons. The van der Waals surface area contributed by atoms with Gasteiger partial charge in [-0.2, -0.15) is 0 Å². The predicted octanol–water partition coefficient (Wildman–Crippen LogP) is 14.4. The van der Waals surface area contributed by atoms with E-state index in [0.29, 0.717) is 0 Å². The highest BCUT2D eigenvalue weighted by Crippen LogP contribution is 2.46. The summed E-state index contributed by atoms with van der Waals surface area (Å²) in [6.45, 7) is 0. The number of hydrogen-bond donors (Lipinski definition) is 2. The molecule has 9 aromatic carbocycles. The van der Waals surface area contributed by atoms with E-state index in [1.54, 1.807) is 24.3 Å². The van der Waals surface area contributed by atoms with E-state index in [2.05, 4.69) is 146 Å². The van der Waals surface area contributed by atoms with E-state index in [1.807, 2.05) is 48.5 Å². The first kappa shape index (κ1) is 34.4. The molecule has 0 saturated carbocycles. The Labute approximate surface area is 327 Å². The minimum atomic E-state index is 0.245. The standard InChI is InChI=1S/C54H38O2/c55-47-29-25-43(26-30-47)53-49(39-13-5-1-6-14-39)33-45(34-50(53)40-15-7-2-8-16-40)37-21-23-38(24-22-37)46-35-51(41-17-9-3-10-18-41)54(44-27-31-48(56)32-28-44)52(36-46)42-19-11-4-12-20-42/h1-36,55-56H. The summed E-state index contributed by atoms with van der Waals surface area (Å²) in [6, 6.07) is 75.3. The first-order valence-electron chi connectivity index (χ1n) is 18.9. The Morgan fingerprint density at radius 3 is 0.679 bits per heavy atom. The number of benzene rings is 9. The average Bonchev–Trinajstić information content (AvgIpc) is 3.27. The van der Waals surface area contributed by atoms with Crippen LogP contribution >= 0.6 is 0 Å².